The smallest absolute Gasteiger partial charge is 0.222 e. The number of nitrogens with one attached hydrogen (secondary N) is 1. The van der Waals surface area contributed by atoms with Gasteiger partial charge in [-0.05, 0) is 23.6 Å². The van der Waals surface area contributed by atoms with Gasteiger partial charge >= 0.3 is 0 Å². The lowest BCUT2D eigenvalue weighted by Gasteiger charge is -2.19. The topological polar surface area (TPSA) is 84.1 Å². The fraction of sp³-hybridized carbons (Fsp3) is 0.263. The van der Waals surface area contributed by atoms with Crippen molar-refractivity contribution in [3.8, 4) is 11.1 Å². The standard InChI is InChI=1S/C19H22N4O/c1-2-7-14(12-24)21-18-17-15(13-8-4-3-5-9-13)10-6-11-16(17)22-19(20)23-18/h3-6,8-11,14,24H,2,7,12H2,1H3,(H3,20,21,22,23)/t14-/m0/s1. The Balaban J connectivity index is 2.17. The fourth-order valence-electron chi connectivity index (χ4n) is 2.91. The summed E-state index contributed by atoms with van der Waals surface area (Å²) in [6.45, 7) is 2.14. The number of nitrogens with zero attached hydrogens (tertiary/aromatic N) is 2. The number of aromatic nitrogens is 2. The number of fused-ring (bicyclic) bond motifs is 1. The molecular weight excluding hydrogens is 300 g/mol. The van der Waals surface area contributed by atoms with Crippen LogP contribution in [0.4, 0.5) is 11.8 Å². The second-order valence-corrected chi connectivity index (χ2v) is 5.81. The van der Waals surface area contributed by atoms with E-state index in [0.717, 1.165) is 34.9 Å². The molecule has 0 saturated carbocycles. The summed E-state index contributed by atoms with van der Waals surface area (Å²) in [5, 5.41) is 13.9. The summed E-state index contributed by atoms with van der Waals surface area (Å²) >= 11 is 0. The van der Waals surface area contributed by atoms with Crippen molar-refractivity contribution in [3.63, 3.8) is 0 Å². The van der Waals surface area contributed by atoms with Gasteiger partial charge in [-0.1, -0.05) is 55.8 Å². The average Bonchev–Trinajstić information content (AvgIpc) is 2.61. The van der Waals surface area contributed by atoms with Gasteiger partial charge in [-0.15, -0.1) is 0 Å². The van der Waals surface area contributed by atoms with Crippen LogP contribution in [0.1, 0.15) is 19.8 Å². The van der Waals surface area contributed by atoms with E-state index in [1.807, 2.05) is 30.3 Å². The van der Waals surface area contributed by atoms with Crippen LogP contribution >= 0.6 is 0 Å². The molecular formula is C19H22N4O. The molecule has 0 spiro atoms. The highest BCUT2D eigenvalue weighted by molar-refractivity contribution is 6.02. The van der Waals surface area contributed by atoms with Gasteiger partial charge in [-0.3, -0.25) is 0 Å². The SMILES string of the molecule is CCC[C@@H](CO)Nc1nc(N)nc2cccc(-c3ccccc3)c12. The van der Waals surface area contributed by atoms with Gasteiger partial charge in [0, 0.05) is 0 Å². The molecule has 5 nitrogen and oxygen atoms in total. The highest BCUT2D eigenvalue weighted by atomic mass is 16.3. The number of benzene rings is 2. The van der Waals surface area contributed by atoms with E-state index in [1.54, 1.807) is 0 Å². The summed E-state index contributed by atoms with van der Waals surface area (Å²) in [6.07, 6.45) is 1.83. The number of nitrogen functional groups attached to an aromatic ring is 1. The molecule has 0 fully saturated rings. The normalized spacial score (nSPS) is 12.2. The van der Waals surface area contributed by atoms with Crippen molar-refractivity contribution < 1.29 is 5.11 Å². The van der Waals surface area contributed by atoms with Crippen LogP contribution in [-0.4, -0.2) is 27.7 Å². The molecule has 124 valence electrons. The van der Waals surface area contributed by atoms with E-state index in [-0.39, 0.29) is 18.6 Å². The molecule has 0 amide bonds. The monoisotopic (exact) mass is 322 g/mol. The Morgan fingerprint density at radius 2 is 1.88 bits per heavy atom. The molecule has 2 aromatic carbocycles. The van der Waals surface area contributed by atoms with Crippen LogP contribution in [0.15, 0.2) is 48.5 Å². The van der Waals surface area contributed by atoms with Gasteiger partial charge in [0.15, 0.2) is 0 Å². The third-order valence-electron chi connectivity index (χ3n) is 4.02. The molecule has 0 aliphatic carbocycles. The minimum atomic E-state index is -0.0590. The van der Waals surface area contributed by atoms with Crippen LogP contribution in [0, 0.1) is 0 Å². The van der Waals surface area contributed by atoms with E-state index < -0.39 is 0 Å². The number of aliphatic hydroxyl groups excluding tert-OH is 1. The number of nitrogens with two attached hydrogens (primary N) is 1. The van der Waals surface area contributed by atoms with Crippen LogP contribution in [0.5, 0.6) is 0 Å². The average molecular weight is 322 g/mol. The number of anilines is 2. The number of rotatable bonds is 6. The van der Waals surface area contributed by atoms with Gasteiger partial charge in [0.1, 0.15) is 5.82 Å². The van der Waals surface area contributed by atoms with E-state index in [4.69, 9.17) is 5.73 Å². The molecule has 24 heavy (non-hydrogen) atoms. The van der Waals surface area contributed by atoms with E-state index >= 15 is 0 Å². The highest BCUT2D eigenvalue weighted by Gasteiger charge is 2.15. The van der Waals surface area contributed by atoms with Crippen molar-refractivity contribution in [2.24, 2.45) is 0 Å². The van der Waals surface area contributed by atoms with Crippen LogP contribution in [-0.2, 0) is 0 Å². The molecule has 0 saturated heterocycles. The van der Waals surface area contributed by atoms with Crippen molar-refractivity contribution in [2.75, 3.05) is 17.7 Å². The minimum absolute atomic E-state index is 0.0484. The maximum atomic E-state index is 9.61. The zero-order valence-electron chi connectivity index (χ0n) is 13.7. The third-order valence-corrected chi connectivity index (χ3v) is 4.02. The van der Waals surface area contributed by atoms with Crippen molar-refractivity contribution in [3.05, 3.63) is 48.5 Å². The van der Waals surface area contributed by atoms with Gasteiger partial charge in [0.2, 0.25) is 5.95 Å². The Morgan fingerprint density at radius 1 is 1.08 bits per heavy atom. The molecule has 0 aliphatic heterocycles. The van der Waals surface area contributed by atoms with Crippen LogP contribution in [0.3, 0.4) is 0 Å². The maximum Gasteiger partial charge on any atom is 0.222 e. The van der Waals surface area contributed by atoms with Gasteiger partial charge in [-0.25, -0.2) is 4.98 Å². The zero-order valence-corrected chi connectivity index (χ0v) is 13.7. The Morgan fingerprint density at radius 3 is 2.58 bits per heavy atom. The first-order chi connectivity index (χ1) is 11.7. The molecule has 0 aliphatic rings. The lowest BCUT2D eigenvalue weighted by Crippen LogP contribution is -2.24. The number of hydrogen-bond acceptors (Lipinski definition) is 5. The molecule has 4 N–H and O–H groups in total. The highest BCUT2D eigenvalue weighted by Crippen LogP contribution is 2.33. The summed E-state index contributed by atoms with van der Waals surface area (Å²) in [5.41, 5.74) is 8.81. The van der Waals surface area contributed by atoms with Gasteiger partial charge in [0.25, 0.3) is 0 Å². The first kappa shape index (κ1) is 16.2. The Bertz CT molecular complexity index is 820. The van der Waals surface area contributed by atoms with Crippen molar-refractivity contribution >= 4 is 22.7 Å². The van der Waals surface area contributed by atoms with Gasteiger partial charge < -0.3 is 16.2 Å². The molecule has 0 bridgehead atoms. The molecule has 1 heterocycles. The Labute approximate surface area is 141 Å². The number of aliphatic hydroxyl groups is 1. The first-order valence-corrected chi connectivity index (χ1v) is 8.22. The van der Waals surface area contributed by atoms with E-state index in [2.05, 4.69) is 40.4 Å². The molecule has 0 radical (unpaired) electrons. The molecule has 1 atom stereocenters. The van der Waals surface area contributed by atoms with Gasteiger partial charge in [0.05, 0.1) is 23.6 Å². The molecule has 3 aromatic rings. The summed E-state index contributed by atoms with van der Waals surface area (Å²) in [4.78, 5) is 8.77. The Kier molecular flexibility index (Phi) is 4.91. The van der Waals surface area contributed by atoms with Crippen molar-refractivity contribution in [1.82, 2.24) is 9.97 Å². The van der Waals surface area contributed by atoms with Crippen LogP contribution in [0.25, 0.3) is 22.0 Å². The van der Waals surface area contributed by atoms with Crippen LogP contribution < -0.4 is 11.1 Å². The summed E-state index contributed by atoms with van der Waals surface area (Å²) in [5.74, 6) is 0.896. The van der Waals surface area contributed by atoms with Gasteiger partial charge in [-0.2, -0.15) is 4.98 Å². The second-order valence-electron chi connectivity index (χ2n) is 5.81. The lowest BCUT2D eigenvalue weighted by atomic mass is 10.0. The Hall–Kier alpha value is -2.66. The predicted molar refractivity (Wildman–Crippen MR) is 98.8 cm³/mol. The largest absolute Gasteiger partial charge is 0.394 e. The predicted octanol–water partition coefficient (Wildman–Crippen LogP) is 3.45. The van der Waals surface area contributed by atoms with E-state index in [9.17, 15) is 5.11 Å². The molecule has 5 heteroatoms. The van der Waals surface area contributed by atoms with Crippen molar-refractivity contribution in [1.29, 1.82) is 0 Å². The molecule has 1 aromatic heterocycles. The first-order valence-electron chi connectivity index (χ1n) is 8.22. The lowest BCUT2D eigenvalue weighted by molar-refractivity contribution is 0.268. The zero-order chi connectivity index (χ0) is 16.9. The third kappa shape index (κ3) is 3.31. The fourth-order valence-corrected chi connectivity index (χ4v) is 2.91. The molecule has 3 rings (SSSR count). The number of hydrogen-bond donors (Lipinski definition) is 3. The minimum Gasteiger partial charge on any atom is -0.394 e. The van der Waals surface area contributed by atoms with E-state index in [0.29, 0.717) is 5.82 Å². The summed E-state index contributed by atoms with van der Waals surface area (Å²) in [6, 6.07) is 16.0. The summed E-state index contributed by atoms with van der Waals surface area (Å²) in [7, 11) is 0. The molecule has 0 unspecified atom stereocenters. The second kappa shape index (κ2) is 7.27. The van der Waals surface area contributed by atoms with Crippen LogP contribution in [0.2, 0.25) is 0 Å². The van der Waals surface area contributed by atoms with E-state index in [1.165, 1.54) is 0 Å². The quantitative estimate of drug-likeness (QED) is 0.647. The summed E-state index contributed by atoms with van der Waals surface area (Å²) < 4.78 is 0. The maximum absolute atomic E-state index is 9.61. The van der Waals surface area contributed by atoms with Crippen molar-refractivity contribution in [2.45, 2.75) is 25.8 Å².